The molecule has 94 valence electrons. The van der Waals surface area contributed by atoms with E-state index in [4.69, 9.17) is 5.73 Å². The minimum Gasteiger partial charge on any atom is -0.480 e. The summed E-state index contributed by atoms with van der Waals surface area (Å²) in [5.74, 6) is -0.244. The van der Waals surface area contributed by atoms with E-state index >= 15 is 0 Å². The summed E-state index contributed by atoms with van der Waals surface area (Å²) in [4.78, 5) is 15.8. The first-order valence-electron chi connectivity index (χ1n) is 5.97. The third kappa shape index (κ3) is 1.93. The number of aliphatic carboxylic acids is 1. The van der Waals surface area contributed by atoms with Crippen molar-refractivity contribution in [1.29, 1.82) is 0 Å². The molecular formula is C11H18N4O2. The van der Waals surface area contributed by atoms with Crippen LogP contribution in [0.5, 0.6) is 0 Å². The van der Waals surface area contributed by atoms with Crippen LogP contribution in [0, 0.1) is 0 Å². The van der Waals surface area contributed by atoms with Crippen LogP contribution in [0.3, 0.4) is 0 Å². The number of aryl methyl sites for hydroxylation is 1. The van der Waals surface area contributed by atoms with Crippen molar-refractivity contribution in [3.8, 4) is 0 Å². The van der Waals surface area contributed by atoms with Crippen molar-refractivity contribution >= 4 is 5.97 Å². The lowest BCUT2D eigenvalue weighted by molar-refractivity contribution is -0.145. The van der Waals surface area contributed by atoms with Gasteiger partial charge in [-0.15, -0.1) is 0 Å². The fraction of sp³-hybridized carbons (Fsp3) is 0.727. The highest BCUT2D eigenvalue weighted by Gasteiger charge is 2.46. The zero-order chi connectivity index (χ0) is 12.5. The van der Waals surface area contributed by atoms with Crippen LogP contribution in [0.2, 0.25) is 0 Å². The predicted molar refractivity (Wildman–Crippen MR) is 61.5 cm³/mol. The second kappa shape index (κ2) is 4.44. The van der Waals surface area contributed by atoms with E-state index in [1.807, 2.05) is 6.92 Å². The Morgan fingerprint density at radius 3 is 2.82 bits per heavy atom. The number of aromatic nitrogens is 3. The van der Waals surface area contributed by atoms with Gasteiger partial charge in [-0.25, -0.2) is 9.67 Å². The third-order valence-electron chi connectivity index (χ3n) is 3.64. The molecule has 0 bridgehead atoms. The molecule has 1 heterocycles. The summed E-state index contributed by atoms with van der Waals surface area (Å²) in [5, 5.41) is 13.6. The number of carboxylic acid groups (broad SMARTS) is 1. The number of nitrogens with zero attached hydrogens (tertiary/aromatic N) is 3. The molecule has 2 rings (SSSR count). The highest BCUT2D eigenvalue weighted by Crippen LogP contribution is 2.38. The second-order valence-corrected chi connectivity index (χ2v) is 4.62. The van der Waals surface area contributed by atoms with Gasteiger partial charge >= 0.3 is 5.97 Å². The van der Waals surface area contributed by atoms with Crippen LogP contribution in [0.1, 0.15) is 38.4 Å². The van der Waals surface area contributed by atoms with Gasteiger partial charge < -0.3 is 10.8 Å². The SMILES string of the molecule is CCn1ncnc1C1(C(=O)O)CCC(N)CC1. The monoisotopic (exact) mass is 238 g/mol. The predicted octanol–water partition coefficient (Wildman–Crippen LogP) is 0.522. The van der Waals surface area contributed by atoms with Crippen LogP contribution >= 0.6 is 0 Å². The molecule has 0 amide bonds. The Bertz CT molecular complexity index is 407. The lowest BCUT2D eigenvalue weighted by Crippen LogP contribution is -2.44. The third-order valence-corrected chi connectivity index (χ3v) is 3.64. The highest BCUT2D eigenvalue weighted by molar-refractivity contribution is 5.80. The summed E-state index contributed by atoms with van der Waals surface area (Å²) in [6.45, 7) is 2.57. The number of hydrogen-bond donors (Lipinski definition) is 2. The van der Waals surface area contributed by atoms with E-state index in [0.29, 0.717) is 25.2 Å². The fourth-order valence-electron chi connectivity index (χ4n) is 2.53. The standard InChI is InChI=1S/C11H18N4O2/c1-2-15-9(13-7-14-15)11(10(16)17)5-3-8(12)4-6-11/h7-8H,2-6,12H2,1H3,(H,16,17). The van der Waals surface area contributed by atoms with Crippen LogP contribution < -0.4 is 5.73 Å². The van der Waals surface area contributed by atoms with Gasteiger partial charge in [0.2, 0.25) is 0 Å². The summed E-state index contributed by atoms with van der Waals surface area (Å²) in [7, 11) is 0. The summed E-state index contributed by atoms with van der Waals surface area (Å²) in [5.41, 5.74) is 4.94. The molecule has 1 aromatic heterocycles. The van der Waals surface area contributed by atoms with Gasteiger partial charge in [0.15, 0.2) is 0 Å². The van der Waals surface area contributed by atoms with Gasteiger partial charge in [-0.3, -0.25) is 4.79 Å². The van der Waals surface area contributed by atoms with Crippen molar-refractivity contribution in [3.63, 3.8) is 0 Å². The maximum atomic E-state index is 11.6. The Morgan fingerprint density at radius 2 is 2.29 bits per heavy atom. The molecule has 1 fully saturated rings. The molecule has 3 N–H and O–H groups in total. The average molecular weight is 238 g/mol. The minimum absolute atomic E-state index is 0.112. The Morgan fingerprint density at radius 1 is 1.65 bits per heavy atom. The van der Waals surface area contributed by atoms with Crippen LogP contribution in [0.25, 0.3) is 0 Å². The summed E-state index contributed by atoms with van der Waals surface area (Å²) < 4.78 is 1.67. The molecule has 1 aliphatic carbocycles. The van der Waals surface area contributed by atoms with E-state index in [1.165, 1.54) is 6.33 Å². The van der Waals surface area contributed by atoms with Gasteiger partial charge in [-0.1, -0.05) is 0 Å². The van der Waals surface area contributed by atoms with E-state index in [0.717, 1.165) is 12.8 Å². The lowest BCUT2D eigenvalue weighted by Gasteiger charge is -2.34. The largest absolute Gasteiger partial charge is 0.480 e. The first-order valence-corrected chi connectivity index (χ1v) is 5.97. The van der Waals surface area contributed by atoms with Crippen LogP contribution in [-0.2, 0) is 16.8 Å². The first-order chi connectivity index (χ1) is 8.10. The zero-order valence-electron chi connectivity index (χ0n) is 9.96. The molecule has 6 nitrogen and oxygen atoms in total. The molecule has 0 aromatic carbocycles. The highest BCUT2D eigenvalue weighted by atomic mass is 16.4. The fourth-order valence-corrected chi connectivity index (χ4v) is 2.53. The zero-order valence-corrected chi connectivity index (χ0v) is 9.96. The van der Waals surface area contributed by atoms with Crippen molar-refractivity contribution in [2.24, 2.45) is 5.73 Å². The van der Waals surface area contributed by atoms with E-state index in [1.54, 1.807) is 4.68 Å². The smallest absolute Gasteiger partial charge is 0.317 e. The van der Waals surface area contributed by atoms with Crippen LogP contribution in [0.4, 0.5) is 0 Å². The maximum Gasteiger partial charge on any atom is 0.317 e. The molecule has 1 saturated carbocycles. The molecule has 1 aromatic rings. The van der Waals surface area contributed by atoms with Gasteiger partial charge in [0, 0.05) is 12.6 Å². The Kier molecular flexibility index (Phi) is 3.15. The number of carbonyl (C=O) groups is 1. The molecule has 0 spiro atoms. The van der Waals surface area contributed by atoms with Crippen molar-refractivity contribution < 1.29 is 9.90 Å². The molecule has 1 aliphatic rings. The summed E-state index contributed by atoms with van der Waals surface area (Å²) in [6.07, 6.45) is 3.97. The van der Waals surface area contributed by atoms with Gasteiger partial charge in [0.05, 0.1) is 0 Å². The summed E-state index contributed by atoms with van der Waals surface area (Å²) in [6, 6.07) is 0.112. The Balaban J connectivity index is 2.38. The molecule has 0 unspecified atom stereocenters. The number of nitrogens with two attached hydrogens (primary N) is 1. The average Bonchev–Trinajstić information content (AvgIpc) is 2.78. The molecule has 17 heavy (non-hydrogen) atoms. The van der Waals surface area contributed by atoms with Crippen molar-refractivity contribution in [2.45, 2.75) is 50.6 Å². The normalized spacial score (nSPS) is 29.2. The number of carboxylic acids is 1. The molecule has 6 heteroatoms. The van der Waals surface area contributed by atoms with E-state index in [-0.39, 0.29) is 6.04 Å². The Labute approximate surface area is 99.8 Å². The van der Waals surface area contributed by atoms with E-state index in [9.17, 15) is 9.90 Å². The maximum absolute atomic E-state index is 11.6. The summed E-state index contributed by atoms with van der Waals surface area (Å²) >= 11 is 0. The van der Waals surface area contributed by atoms with Gasteiger partial charge in [0.25, 0.3) is 0 Å². The van der Waals surface area contributed by atoms with E-state index < -0.39 is 11.4 Å². The van der Waals surface area contributed by atoms with Crippen molar-refractivity contribution in [3.05, 3.63) is 12.2 Å². The van der Waals surface area contributed by atoms with Gasteiger partial charge in [-0.2, -0.15) is 5.10 Å². The second-order valence-electron chi connectivity index (χ2n) is 4.62. The van der Waals surface area contributed by atoms with Gasteiger partial charge in [0.1, 0.15) is 17.6 Å². The topological polar surface area (TPSA) is 94.0 Å². The van der Waals surface area contributed by atoms with E-state index in [2.05, 4.69) is 10.1 Å². The quantitative estimate of drug-likeness (QED) is 0.800. The molecular weight excluding hydrogens is 220 g/mol. The molecule has 0 aliphatic heterocycles. The Hall–Kier alpha value is -1.43. The number of hydrogen-bond acceptors (Lipinski definition) is 4. The van der Waals surface area contributed by atoms with Crippen LogP contribution in [0.15, 0.2) is 6.33 Å². The first kappa shape index (κ1) is 12.0. The molecule has 0 radical (unpaired) electrons. The minimum atomic E-state index is -0.900. The lowest BCUT2D eigenvalue weighted by atomic mass is 9.72. The molecule has 0 atom stereocenters. The van der Waals surface area contributed by atoms with Gasteiger partial charge in [-0.05, 0) is 32.6 Å². The van der Waals surface area contributed by atoms with Crippen molar-refractivity contribution in [1.82, 2.24) is 14.8 Å². The molecule has 0 saturated heterocycles. The van der Waals surface area contributed by atoms with Crippen LogP contribution in [-0.4, -0.2) is 31.9 Å². The number of rotatable bonds is 3. The van der Waals surface area contributed by atoms with Crippen molar-refractivity contribution in [2.75, 3.05) is 0 Å².